The van der Waals surface area contributed by atoms with Gasteiger partial charge < -0.3 is 9.88 Å². The van der Waals surface area contributed by atoms with E-state index in [0.717, 1.165) is 48.3 Å². The Bertz CT molecular complexity index is 558. The molecule has 5 nitrogen and oxygen atoms in total. The predicted octanol–water partition coefficient (Wildman–Crippen LogP) is 2.49. The third kappa shape index (κ3) is 3.49. The van der Waals surface area contributed by atoms with Crippen molar-refractivity contribution in [3.05, 3.63) is 34.1 Å². The third-order valence-electron chi connectivity index (χ3n) is 3.25. The van der Waals surface area contributed by atoms with E-state index in [1.807, 2.05) is 18.1 Å². The van der Waals surface area contributed by atoms with E-state index in [9.17, 15) is 0 Å². The normalized spacial score (nSPS) is 11.2. The SMILES string of the molecule is CCCNCc1cn(Cc2c(Br)c(CC)nn2C)cn1. The molecule has 2 heterocycles. The molecule has 0 atom stereocenters. The number of hydrogen-bond donors (Lipinski definition) is 1. The van der Waals surface area contributed by atoms with Gasteiger partial charge in [0.1, 0.15) is 0 Å². The van der Waals surface area contributed by atoms with Gasteiger partial charge in [-0.25, -0.2) is 4.98 Å². The lowest BCUT2D eigenvalue weighted by Crippen LogP contribution is -2.13. The maximum Gasteiger partial charge on any atom is 0.0953 e. The summed E-state index contributed by atoms with van der Waals surface area (Å²) in [5.41, 5.74) is 3.35. The summed E-state index contributed by atoms with van der Waals surface area (Å²) < 4.78 is 5.16. The van der Waals surface area contributed by atoms with Gasteiger partial charge in [0.15, 0.2) is 0 Å². The van der Waals surface area contributed by atoms with Crippen molar-refractivity contribution in [1.29, 1.82) is 0 Å². The molecular weight excluding hydrogens is 318 g/mol. The second kappa shape index (κ2) is 7.04. The summed E-state index contributed by atoms with van der Waals surface area (Å²) >= 11 is 3.65. The molecule has 0 radical (unpaired) electrons. The molecule has 0 aromatic carbocycles. The van der Waals surface area contributed by atoms with E-state index in [2.05, 4.69) is 55.9 Å². The van der Waals surface area contributed by atoms with Crippen molar-refractivity contribution in [3.63, 3.8) is 0 Å². The fraction of sp³-hybridized carbons (Fsp3) is 0.571. The van der Waals surface area contributed by atoms with E-state index in [1.165, 1.54) is 5.69 Å². The molecule has 0 fully saturated rings. The molecule has 2 rings (SSSR count). The number of hydrogen-bond acceptors (Lipinski definition) is 3. The molecule has 0 saturated carbocycles. The zero-order chi connectivity index (χ0) is 14.5. The van der Waals surface area contributed by atoms with Crippen LogP contribution in [0, 0.1) is 0 Å². The Balaban J connectivity index is 2.05. The van der Waals surface area contributed by atoms with Crippen molar-refractivity contribution in [2.24, 2.45) is 7.05 Å². The average Bonchev–Trinajstić information content (AvgIpc) is 2.99. The summed E-state index contributed by atoms with van der Waals surface area (Å²) in [5.74, 6) is 0. The highest BCUT2D eigenvalue weighted by Gasteiger charge is 2.13. The zero-order valence-corrected chi connectivity index (χ0v) is 13.9. The monoisotopic (exact) mass is 339 g/mol. The van der Waals surface area contributed by atoms with E-state index in [0.29, 0.717) is 0 Å². The number of imidazole rings is 1. The van der Waals surface area contributed by atoms with Gasteiger partial charge in [0.2, 0.25) is 0 Å². The fourth-order valence-electron chi connectivity index (χ4n) is 2.14. The molecule has 20 heavy (non-hydrogen) atoms. The Hall–Kier alpha value is -1.14. The first-order valence-electron chi connectivity index (χ1n) is 7.07. The van der Waals surface area contributed by atoms with Crippen molar-refractivity contribution >= 4 is 15.9 Å². The van der Waals surface area contributed by atoms with Gasteiger partial charge in [0.05, 0.1) is 34.4 Å². The Kier molecular flexibility index (Phi) is 5.37. The fourth-order valence-corrected chi connectivity index (χ4v) is 2.88. The van der Waals surface area contributed by atoms with E-state index < -0.39 is 0 Å². The molecule has 0 aliphatic heterocycles. The maximum atomic E-state index is 4.52. The van der Waals surface area contributed by atoms with Crippen LogP contribution in [0.15, 0.2) is 17.0 Å². The van der Waals surface area contributed by atoms with Gasteiger partial charge >= 0.3 is 0 Å². The molecule has 0 amide bonds. The van der Waals surface area contributed by atoms with Crippen LogP contribution in [0.4, 0.5) is 0 Å². The molecule has 0 spiro atoms. The molecule has 6 heteroatoms. The summed E-state index contributed by atoms with van der Waals surface area (Å²) in [4.78, 5) is 4.43. The van der Waals surface area contributed by atoms with Crippen molar-refractivity contribution in [3.8, 4) is 0 Å². The van der Waals surface area contributed by atoms with Crippen LogP contribution in [0.5, 0.6) is 0 Å². The number of halogens is 1. The quantitative estimate of drug-likeness (QED) is 0.788. The number of nitrogens with zero attached hydrogens (tertiary/aromatic N) is 4. The number of aryl methyl sites for hydroxylation is 2. The van der Waals surface area contributed by atoms with Gasteiger partial charge in [-0.2, -0.15) is 5.10 Å². The van der Waals surface area contributed by atoms with Crippen LogP contribution in [-0.2, 0) is 26.6 Å². The van der Waals surface area contributed by atoms with E-state index in [1.54, 1.807) is 0 Å². The first kappa shape index (κ1) is 15.3. The summed E-state index contributed by atoms with van der Waals surface area (Å²) in [6, 6.07) is 0. The van der Waals surface area contributed by atoms with E-state index in [-0.39, 0.29) is 0 Å². The highest BCUT2D eigenvalue weighted by atomic mass is 79.9. The summed E-state index contributed by atoms with van der Waals surface area (Å²) in [6.07, 6.45) is 6.05. The number of nitrogens with one attached hydrogen (secondary N) is 1. The van der Waals surface area contributed by atoms with Gasteiger partial charge in [0.25, 0.3) is 0 Å². The van der Waals surface area contributed by atoms with Crippen LogP contribution in [0.25, 0.3) is 0 Å². The molecule has 2 aromatic heterocycles. The Morgan fingerprint density at radius 3 is 2.80 bits per heavy atom. The van der Waals surface area contributed by atoms with Crippen LogP contribution >= 0.6 is 15.9 Å². The van der Waals surface area contributed by atoms with Crippen molar-refractivity contribution in [2.45, 2.75) is 39.8 Å². The smallest absolute Gasteiger partial charge is 0.0953 e. The Morgan fingerprint density at radius 1 is 1.35 bits per heavy atom. The lowest BCUT2D eigenvalue weighted by atomic mass is 10.3. The topological polar surface area (TPSA) is 47.7 Å². The van der Waals surface area contributed by atoms with Crippen LogP contribution in [0.2, 0.25) is 0 Å². The van der Waals surface area contributed by atoms with Gasteiger partial charge in [-0.3, -0.25) is 4.68 Å². The minimum absolute atomic E-state index is 0.783. The van der Waals surface area contributed by atoms with Crippen LogP contribution < -0.4 is 5.32 Å². The van der Waals surface area contributed by atoms with Crippen LogP contribution in [0.3, 0.4) is 0 Å². The molecule has 2 aromatic rings. The maximum absolute atomic E-state index is 4.52. The zero-order valence-electron chi connectivity index (χ0n) is 12.4. The van der Waals surface area contributed by atoms with Crippen LogP contribution in [0.1, 0.15) is 37.4 Å². The first-order chi connectivity index (χ1) is 9.65. The van der Waals surface area contributed by atoms with Gasteiger partial charge in [0, 0.05) is 19.8 Å². The molecule has 0 aliphatic rings. The highest BCUT2D eigenvalue weighted by molar-refractivity contribution is 9.10. The summed E-state index contributed by atoms with van der Waals surface area (Å²) in [6.45, 7) is 6.92. The van der Waals surface area contributed by atoms with Crippen molar-refractivity contribution in [1.82, 2.24) is 24.6 Å². The molecule has 0 saturated heterocycles. The second-order valence-electron chi connectivity index (χ2n) is 4.90. The van der Waals surface area contributed by atoms with E-state index in [4.69, 9.17) is 0 Å². The van der Waals surface area contributed by atoms with Gasteiger partial charge in [-0.15, -0.1) is 0 Å². The number of aromatic nitrogens is 4. The minimum atomic E-state index is 0.783. The molecule has 1 N–H and O–H groups in total. The van der Waals surface area contributed by atoms with E-state index >= 15 is 0 Å². The second-order valence-corrected chi connectivity index (χ2v) is 5.69. The minimum Gasteiger partial charge on any atom is -0.331 e. The molecule has 110 valence electrons. The van der Waals surface area contributed by atoms with Gasteiger partial charge in [-0.05, 0) is 35.3 Å². The van der Waals surface area contributed by atoms with Crippen LogP contribution in [-0.4, -0.2) is 25.9 Å². The Labute approximate surface area is 128 Å². The molecular formula is C14H22BrN5. The molecule has 0 bridgehead atoms. The summed E-state index contributed by atoms with van der Waals surface area (Å²) in [5, 5.41) is 7.88. The molecule has 0 unspecified atom stereocenters. The standard InChI is InChI=1S/C14H22BrN5/c1-4-6-16-7-11-8-20(10-17-11)9-13-14(15)12(5-2)18-19(13)3/h8,10,16H,4-7,9H2,1-3H3. The number of rotatable bonds is 7. The van der Waals surface area contributed by atoms with Crippen molar-refractivity contribution in [2.75, 3.05) is 6.54 Å². The summed E-state index contributed by atoms with van der Waals surface area (Å²) in [7, 11) is 1.99. The first-order valence-corrected chi connectivity index (χ1v) is 7.86. The van der Waals surface area contributed by atoms with Gasteiger partial charge in [-0.1, -0.05) is 13.8 Å². The van der Waals surface area contributed by atoms with Crippen molar-refractivity contribution < 1.29 is 0 Å². The highest BCUT2D eigenvalue weighted by Crippen LogP contribution is 2.22. The average molecular weight is 340 g/mol. The molecule has 0 aliphatic carbocycles. The largest absolute Gasteiger partial charge is 0.331 e. The third-order valence-corrected chi connectivity index (χ3v) is 4.17. The lowest BCUT2D eigenvalue weighted by molar-refractivity contribution is 0.654. The lowest BCUT2D eigenvalue weighted by Gasteiger charge is -2.04. The predicted molar refractivity (Wildman–Crippen MR) is 83.6 cm³/mol. The Morgan fingerprint density at radius 2 is 2.15 bits per heavy atom.